The molecule has 2 unspecified atom stereocenters. The van der Waals surface area contributed by atoms with E-state index in [4.69, 9.17) is 7.56 Å². The minimum atomic E-state index is -4.07. The van der Waals surface area contributed by atoms with E-state index >= 15 is 0 Å². The summed E-state index contributed by atoms with van der Waals surface area (Å²) in [5, 5.41) is 0. The van der Waals surface area contributed by atoms with E-state index in [1.54, 1.807) is 0 Å². The van der Waals surface area contributed by atoms with Crippen molar-refractivity contribution in [2.24, 2.45) is 0 Å². The maximum absolute atomic E-state index is 13.7. The van der Waals surface area contributed by atoms with E-state index in [0.29, 0.717) is 6.42 Å². The van der Waals surface area contributed by atoms with Crippen LogP contribution in [0.3, 0.4) is 0 Å². The van der Waals surface area contributed by atoms with Crippen molar-refractivity contribution in [3.05, 3.63) is 25.3 Å². The number of hydrogen-bond acceptors (Lipinski definition) is 5. The Kier molecular flexibility index (Phi) is 26.7. The molecule has 2 heterocycles. The van der Waals surface area contributed by atoms with E-state index in [1.165, 1.54) is 160 Å². The second-order valence-electron chi connectivity index (χ2n) is 17.1. The zero-order valence-electron chi connectivity index (χ0n) is 35.7. The van der Waals surface area contributed by atoms with Gasteiger partial charge in [-0.1, -0.05) is 0 Å². The van der Waals surface area contributed by atoms with Crippen molar-refractivity contribution in [1.82, 2.24) is 0 Å². The summed E-state index contributed by atoms with van der Waals surface area (Å²) in [6, 6.07) is 0. The number of unbranched alkanes of at least 4 members (excludes halogenated alkanes) is 20. The van der Waals surface area contributed by atoms with E-state index in [1.807, 2.05) is 0 Å². The molecule has 2 atom stereocenters. The zero-order valence-corrected chi connectivity index (χ0v) is 41.4. The quantitative estimate of drug-likeness (QED) is 0.0278. The SMILES string of the molecule is C=CC(=O)C1(C(=O)C=C)CC[CH2][Sn]([CH2]CCCCCCC)([O][Sn]2([CH2]CCCCCCC)[CH2]CCC(CCCCCCCC)(CCCCCCCC)[O]2)[O]1. The molecule has 0 aliphatic carbocycles. The van der Waals surface area contributed by atoms with Crippen molar-refractivity contribution >= 4 is 50.0 Å². The summed E-state index contributed by atoms with van der Waals surface area (Å²) in [4.78, 5) is 27.3. The molecular formula is C46H86O5Sn2. The normalized spacial score (nSPS) is 22.4. The summed E-state index contributed by atoms with van der Waals surface area (Å²) >= 11 is -7.86. The van der Waals surface area contributed by atoms with Crippen LogP contribution in [0.4, 0.5) is 0 Å². The first kappa shape index (κ1) is 49.4. The number of rotatable bonds is 34. The average molecular weight is 957 g/mol. The van der Waals surface area contributed by atoms with Gasteiger partial charge in [-0.05, 0) is 0 Å². The van der Waals surface area contributed by atoms with Gasteiger partial charge < -0.3 is 0 Å². The molecule has 308 valence electrons. The Hall–Kier alpha value is 0.297. The van der Waals surface area contributed by atoms with Crippen molar-refractivity contribution in [2.75, 3.05) is 0 Å². The number of ketones is 2. The standard InChI is InChI=1S/C20H40O.C10H12O3.2C8H17.O.2Sn/c1-4-7-9-11-13-15-18-20(21,17-6-3)19-16-14-12-10-8-5-2;1-4-7-10(13,8(11)5-2)9(12)6-3;2*1-3-5-7-8-6-4-2;;;/h3-19H2,1-2H3;5-6H,1-4,7H2;2*1,3-8H2,2H3;;;/q2*-1;;;;2*+1. The van der Waals surface area contributed by atoms with Crippen LogP contribution in [-0.4, -0.2) is 61.2 Å². The summed E-state index contributed by atoms with van der Waals surface area (Å²) in [5.41, 5.74) is -1.59. The predicted octanol–water partition coefficient (Wildman–Crippen LogP) is 14.7. The van der Waals surface area contributed by atoms with Gasteiger partial charge in [0.2, 0.25) is 0 Å². The van der Waals surface area contributed by atoms with Gasteiger partial charge in [0, 0.05) is 0 Å². The van der Waals surface area contributed by atoms with Gasteiger partial charge in [0.05, 0.1) is 0 Å². The molecule has 0 aromatic carbocycles. The first-order valence-corrected chi connectivity index (χ1v) is 35.9. The van der Waals surface area contributed by atoms with Gasteiger partial charge >= 0.3 is 342 Å². The molecule has 0 radical (unpaired) electrons. The third kappa shape index (κ3) is 17.8. The van der Waals surface area contributed by atoms with Crippen molar-refractivity contribution in [3.8, 4) is 0 Å². The first-order valence-electron chi connectivity index (χ1n) is 23.2. The van der Waals surface area contributed by atoms with Gasteiger partial charge in [-0.2, -0.15) is 0 Å². The molecule has 0 aromatic heterocycles. The van der Waals surface area contributed by atoms with Crippen molar-refractivity contribution in [3.63, 3.8) is 0 Å². The van der Waals surface area contributed by atoms with E-state index < -0.39 is 44.0 Å². The third-order valence-electron chi connectivity index (χ3n) is 12.4. The van der Waals surface area contributed by atoms with E-state index in [-0.39, 0.29) is 17.2 Å². The van der Waals surface area contributed by atoms with Crippen LogP contribution in [-0.2, 0) is 17.1 Å². The first-order chi connectivity index (χ1) is 25.7. The van der Waals surface area contributed by atoms with Crippen molar-refractivity contribution in [1.29, 1.82) is 0 Å². The Morgan fingerprint density at radius 1 is 0.528 bits per heavy atom. The van der Waals surface area contributed by atoms with Crippen LogP contribution >= 0.6 is 0 Å². The molecule has 0 saturated carbocycles. The Labute approximate surface area is 339 Å². The molecule has 2 rings (SSSR count). The Morgan fingerprint density at radius 2 is 0.887 bits per heavy atom. The summed E-state index contributed by atoms with van der Waals surface area (Å²) in [6.45, 7) is 16.8. The monoisotopic (exact) mass is 958 g/mol. The summed E-state index contributed by atoms with van der Waals surface area (Å²) in [7, 11) is 0. The van der Waals surface area contributed by atoms with Crippen LogP contribution in [0.25, 0.3) is 0 Å². The number of carbonyl (C=O) groups excluding carboxylic acids is 2. The molecule has 53 heavy (non-hydrogen) atoms. The maximum atomic E-state index is 13.7. The van der Waals surface area contributed by atoms with E-state index in [0.717, 1.165) is 56.3 Å². The molecule has 0 N–H and O–H groups in total. The van der Waals surface area contributed by atoms with Crippen LogP contribution in [0, 0.1) is 0 Å². The fourth-order valence-corrected chi connectivity index (χ4v) is 51.9. The zero-order chi connectivity index (χ0) is 38.7. The van der Waals surface area contributed by atoms with Crippen LogP contribution in [0.1, 0.15) is 220 Å². The number of carbonyl (C=O) groups is 2. The summed E-state index contributed by atoms with van der Waals surface area (Å²) in [6.07, 6.45) is 38.9. The van der Waals surface area contributed by atoms with Crippen LogP contribution in [0.5, 0.6) is 0 Å². The molecule has 0 amide bonds. The Bertz CT molecular complexity index is 980. The molecule has 0 aromatic rings. The summed E-state index contributed by atoms with van der Waals surface area (Å²) < 4.78 is 27.2. The predicted molar refractivity (Wildman–Crippen MR) is 231 cm³/mol. The fourth-order valence-electron chi connectivity index (χ4n) is 9.22. The molecule has 7 heteroatoms. The average Bonchev–Trinajstić information content (AvgIpc) is 3.16. The molecule has 0 bridgehead atoms. The van der Waals surface area contributed by atoms with Gasteiger partial charge in [0.15, 0.2) is 0 Å². The van der Waals surface area contributed by atoms with Gasteiger partial charge in [-0.15, -0.1) is 0 Å². The molecule has 2 fully saturated rings. The van der Waals surface area contributed by atoms with Gasteiger partial charge in [-0.3, -0.25) is 0 Å². The van der Waals surface area contributed by atoms with Gasteiger partial charge in [-0.25, -0.2) is 0 Å². The molecule has 2 aliphatic rings. The van der Waals surface area contributed by atoms with Crippen LogP contribution in [0.15, 0.2) is 25.3 Å². The Morgan fingerprint density at radius 3 is 1.30 bits per heavy atom. The van der Waals surface area contributed by atoms with Gasteiger partial charge in [0.1, 0.15) is 0 Å². The van der Waals surface area contributed by atoms with Crippen molar-refractivity contribution in [2.45, 2.75) is 249 Å². The second kappa shape index (κ2) is 28.7. The second-order valence-corrected chi connectivity index (χ2v) is 38.8. The Balaban J connectivity index is 2.50. The minimum absolute atomic E-state index is 0.0844. The summed E-state index contributed by atoms with van der Waals surface area (Å²) in [5.74, 6) is -0.611. The number of hydrogen-bond donors (Lipinski definition) is 0. The third-order valence-corrected chi connectivity index (χ3v) is 45.8. The van der Waals surface area contributed by atoms with Crippen LogP contribution in [0.2, 0.25) is 17.7 Å². The van der Waals surface area contributed by atoms with Crippen molar-refractivity contribution < 1.29 is 17.1 Å². The fraction of sp³-hybridized carbons (Fsp3) is 0.870. The molecule has 5 nitrogen and oxygen atoms in total. The van der Waals surface area contributed by atoms with Gasteiger partial charge in [0.25, 0.3) is 0 Å². The molecular weight excluding hydrogens is 870 g/mol. The molecule has 0 spiro atoms. The molecule has 2 saturated heterocycles. The van der Waals surface area contributed by atoms with Crippen LogP contribution < -0.4 is 0 Å². The van der Waals surface area contributed by atoms with E-state index in [9.17, 15) is 9.59 Å². The molecule has 2 aliphatic heterocycles. The van der Waals surface area contributed by atoms with E-state index in [2.05, 4.69) is 40.9 Å². The topological polar surface area (TPSA) is 61.8 Å².